The number of benzene rings is 2. The van der Waals surface area contributed by atoms with Gasteiger partial charge < -0.3 is 15.1 Å². The summed E-state index contributed by atoms with van der Waals surface area (Å²) in [6.07, 6.45) is 6.85. The molecule has 1 fully saturated rings. The fourth-order valence-electron chi connectivity index (χ4n) is 4.31. The van der Waals surface area contributed by atoms with Crippen molar-refractivity contribution in [1.82, 2.24) is 10.3 Å². The van der Waals surface area contributed by atoms with Crippen LogP contribution in [0.3, 0.4) is 0 Å². The van der Waals surface area contributed by atoms with Crippen LogP contribution in [0.15, 0.2) is 73.1 Å². The quantitative estimate of drug-likeness (QED) is 0.518. The maximum absolute atomic E-state index is 12.8. The molecule has 1 aliphatic rings. The maximum Gasteiger partial charge on any atom is 0.259 e. The Hall–Kier alpha value is -3.38. The van der Waals surface area contributed by atoms with E-state index in [1.807, 2.05) is 30.6 Å². The number of hydrogen-bond donors (Lipinski definition) is 1. The summed E-state index contributed by atoms with van der Waals surface area (Å²) < 4.78 is 0. The van der Waals surface area contributed by atoms with Crippen LogP contribution in [0.25, 0.3) is 0 Å². The average Bonchev–Trinajstić information content (AvgIpc) is 2.89. The van der Waals surface area contributed by atoms with Crippen molar-refractivity contribution in [2.45, 2.75) is 19.3 Å². The normalized spacial score (nSPS) is 14.0. The molecular weight excluding hydrogens is 448 g/mol. The molecule has 1 N–H and O–H groups in total. The van der Waals surface area contributed by atoms with Gasteiger partial charge in [-0.15, -0.1) is 0 Å². The van der Waals surface area contributed by atoms with Crippen LogP contribution in [-0.2, 0) is 0 Å². The van der Waals surface area contributed by atoms with Crippen LogP contribution < -0.4 is 15.1 Å². The van der Waals surface area contributed by atoms with Crippen molar-refractivity contribution in [1.29, 1.82) is 0 Å². The van der Waals surface area contributed by atoms with Crippen molar-refractivity contribution in [3.63, 3.8) is 0 Å². The molecule has 1 aromatic heterocycles. The minimum atomic E-state index is -0.221. The molecule has 0 spiro atoms. The molecule has 0 aliphatic carbocycles. The molecule has 0 bridgehead atoms. The van der Waals surface area contributed by atoms with Crippen molar-refractivity contribution in [2.24, 2.45) is 5.92 Å². The highest BCUT2D eigenvalue weighted by molar-refractivity contribution is 6.34. The number of anilines is 2. The lowest BCUT2D eigenvalue weighted by Gasteiger charge is -2.33. The van der Waals surface area contributed by atoms with Crippen molar-refractivity contribution in [3.05, 3.63) is 89.2 Å². The van der Waals surface area contributed by atoms with Gasteiger partial charge in [0.2, 0.25) is 0 Å². The van der Waals surface area contributed by atoms with Gasteiger partial charge in [-0.2, -0.15) is 0 Å². The van der Waals surface area contributed by atoms with Gasteiger partial charge in [0.05, 0.1) is 10.6 Å². The van der Waals surface area contributed by atoms with Gasteiger partial charge in [0.1, 0.15) is 0 Å². The Morgan fingerprint density at radius 2 is 1.79 bits per heavy atom. The Kier molecular flexibility index (Phi) is 7.80. The summed E-state index contributed by atoms with van der Waals surface area (Å²) in [5.41, 5.74) is 2.82. The van der Waals surface area contributed by atoms with Crippen LogP contribution in [0.5, 0.6) is 0 Å². The number of carbonyl (C=O) groups excluding carboxylic acids is 2. The minimum Gasteiger partial charge on any atom is -0.371 e. The molecule has 0 atom stereocenters. The zero-order chi connectivity index (χ0) is 23.9. The monoisotopic (exact) mass is 476 g/mol. The second-order valence-electron chi connectivity index (χ2n) is 8.57. The van der Waals surface area contributed by atoms with E-state index in [4.69, 9.17) is 11.6 Å². The van der Waals surface area contributed by atoms with Crippen LogP contribution >= 0.6 is 11.6 Å². The van der Waals surface area contributed by atoms with Crippen LogP contribution in [0.1, 0.15) is 40.0 Å². The van der Waals surface area contributed by atoms with E-state index in [0.29, 0.717) is 34.3 Å². The van der Waals surface area contributed by atoms with Crippen molar-refractivity contribution < 1.29 is 9.59 Å². The topological polar surface area (TPSA) is 65.5 Å². The molecule has 4 rings (SSSR count). The first-order chi connectivity index (χ1) is 16.5. The van der Waals surface area contributed by atoms with Crippen molar-refractivity contribution in [3.8, 4) is 0 Å². The fourth-order valence-corrected chi connectivity index (χ4v) is 4.53. The number of rotatable bonds is 7. The number of halogens is 1. The Balaban J connectivity index is 1.27. The van der Waals surface area contributed by atoms with Gasteiger partial charge >= 0.3 is 0 Å². The second-order valence-corrected chi connectivity index (χ2v) is 8.98. The molecule has 6 nitrogen and oxygen atoms in total. The number of nitrogens with one attached hydrogen (secondary N) is 1. The third kappa shape index (κ3) is 5.75. The molecular formula is C27H29ClN4O2. The third-order valence-electron chi connectivity index (χ3n) is 6.39. The Labute approximate surface area is 205 Å². The van der Waals surface area contributed by atoms with Crippen LogP contribution in [0.2, 0.25) is 5.02 Å². The third-order valence-corrected chi connectivity index (χ3v) is 6.71. The first kappa shape index (κ1) is 23.8. The number of aromatic nitrogens is 1. The summed E-state index contributed by atoms with van der Waals surface area (Å²) in [6, 6.07) is 18.1. The molecule has 1 saturated heterocycles. The van der Waals surface area contributed by atoms with Crippen LogP contribution in [-0.4, -0.2) is 43.5 Å². The summed E-state index contributed by atoms with van der Waals surface area (Å²) in [7, 11) is 1.68. The van der Waals surface area contributed by atoms with Gasteiger partial charge in [0, 0.05) is 56.0 Å². The lowest BCUT2D eigenvalue weighted by atomic mass is 9.93. The molecule has 1 aliphatic heterocycles. The maximum atomic E-state index is 12.8. The van der Waals surface area contributed by atoms with E-state index < -0.39 is 0 Å². The average molecular weight is 477 g/mol. The van der Waals surface area contributed by atoms with E-state index in [1.165, 1.54) is 10.6 Å². The van der Waals surface area contributed by atoms with E-state index in [2.05, 4.69) is 15.2 Å². The summed E-state index contributed by atoms with van der Waals surface area (Å²) in [5, 5.41) is 3.44. The highest BCUT2D eigenvalue weighted by Gasteiger charge is 2.20. The Morgan fingerprint density at radius 1 is 1.06 bits per heavy atom. The van der Waals surface area contributed by atoms with Crippen LogP contribution in [0.4, 0.5) is 11.4 Å². The lowest BCUT2D eigenvalue weighted by Crippen LogP contribution is -2.35. The van der Waals surface area contributed by atoms with Gasteiger partial charge in [-0.1, -0.05) is 29.8 Å². The zero-order valence-corrected chi connectivity index (χ0v) is 20.0. The molecule has 0 saturated carbocycles. The SMILES string of the molecule is CN(C(=O)c1ccccc1Cl)c1cccc(C(=O)NCCC2CCN(c3ccncc3)CC2)c1. The number of amides is 2. The highest BCUT2D eigenvalue weighted by Crippen LogP contribution is 2.25. The lowest BCUT2D eigenvalue weighted by molar-refractivity contribution is 0.0948. The number of carbonyl (C=O) groups is 2. The van der Waals surface area contributed by atoms with Gasteiger partial charge in [-0.05, 0) is 67.6 Å². The van der Waals surface area contributed by atoms with Gasteiger partial charge in [-0.3, -0.25) is 14.6 Å². The van der Waals surface area contributed by atoms with Crippen molar-refractivity contribution in [2.75, 3.05) is 36.5 Å². The molecule has 34 heavy (non-hydrogen) atoms. The number of hydrogen-bond acceptors (Lipinski definition) is 4. The van der Waals surface area contributed by atoms with Crippen molar-refractivity contribution >= 4 is 34.8 Å². The minimum absolute atomic E-state index is 0.130. The number of piperidine rings is 1. The smallest absolute Gasteiger partial charge is 0.259 e. The largest absolute Gasteiger partial charge is 0.371 e. The number of pyridine rings is 1. The van der Waals surface area contributed by atoms with Gasteiger partial charge in [0.25, 0.3) is 11.8 Å². The standard InChI is InChI=1S/C27H29ClN4O2/c1-31(27(34)24-7-2-3-8-25(24)28)23-6-4-5-21(19-23)26(33)30-16-9-20-12-17-32(18-13-20)22-10-14-29-15-11-22/h2-8,10-11,14-15,19-20H,9,12-13,16-18H2,1H3,(H,30,33). The summed E-state index contributed by atoms with van der Waals surface area (Å²) >= 11 is 6.18. The molecule has 3 aromatic rings. The van der Waals surface area contributed by atoms with Gasteiger partial charge in [0.15, 0.2) is 0 Å². The van der Waals surface area contributed by atoms with Gasteiger partial charge in [-0.25, -0.2) is 0 Å². The van der Waals surface area contributed by atoms with Crippen LogP contribution in [0, 0.1) is 5.92 Å². The first-order valence-corrected chi connectivity index (χ1v) is 12.0. The predicted octanol–water partition coefficient (Wildman–Crippen LogP) is 5.05. The molecule has 7 heteroatoms. The zero-order valence-electron chi connectivity index (χ0n) is 19.3. The van der Waals surface area contributed by atoms with E-state index >= 15 is 0 Å². The molecule has 176 valence electrons. The second kappa shape index (κ2) is 11.2. The molecule has 0 radical (unpaired) electrons. The van der Waals surface area contributed by atoms with E-state index in [1.54, 1.807) is 49.5 Å². The Morgan fingerprint density at radius 3 is 2.53 bits per heavy atom. The molecule has 0 unspecified atom stereocenters. The highest BCUT2D eigenvalue weighted by atomic mass is 35.5. The predicted molar refractivity (Wildman–Crippen MR) is 137 cm³/mol. The molecule has 2 heterocycles. The summed E-state index contributed by atoms with van der Waals surface area (Å²) in [5.74, 6) is 0.250. The summed E-state index contributed by atoms with van der Waals surface area (Å²) in [4.78, 5) is 33.6. The van der Waals surface area contributed by atoms with E-state index in [0.717, 1.165) is 32.4 Å². The van der Waals surface area contributed by atoms with E-state index in [9.17, 15) is 9.59 Å². The number of nitrogens with zero attached hydrogens (tertiary/aromatic N) is 3. The molecule has 2 amide bonds. The Bertz CT molecular complexity index is 1130. The summed E-state index contributed by atoms with van der Waals surface area (Å²) in [6.45, 7) is 2.68. The van der Waals surface area contributed by atoms with E-state index in [-0.39, 0.29) is 11.8 Å². The fraction of sp³-hybridized carbons (Fsp3) is 0.296. The molecule has 2 aromatic carbocycles. The first-order valence-electron chi connectivity index (χ1n) is 11.6.